The zero-order valence-electron chi connectivity index (χ0n) is 11.2. The van der Waals surface area contributed by atoms with Crippen LogP contribution in [0.1, 0.15) is 20.8 Å². The van der Waals surface area contributed by atoms with Crippen LogP contribution in [0, 0.1) is 13.8 Å². The number of halogens is 1. The first kappa shape index (κ1) is 16.0. The minimum atomic E-state index is -3.95. The molecule has 0 bridgehead atoms. The van der Waals surface area contributed by atoms with Gasteiger partial charge >= 0.3 is 5.97 Å². The van der Waals surface area contributed by atoms with Crippen molar-refractivity contribution in [1.29, 1.82) is 0 Å². The van der Waals surface area contributed by atoms with Crippen LogP contribution in [0.25, 0.3) is 0 Å². The summed E-state index contributed by atoms with van der Waals surface area (Å²) >= 11 is 4.23. The number of hydrogen-bond donors (Lipinski definition) is 2. The highest BCUT2D eigenvalue weighted by Gasteiger charge is 2.26. The first-order valence-electron chi connectivity index (χ1n) is 5.82. The van der Waals surface area contributed by atoms with Crippen LogP contribution >= 0.6 is 27.3 Å². The second kappa shape index (κ2) is 5.78. The van der Waals surface area contributed by atoms with Gasteiger partial charge in [0.15, 0.2) is 0 Å². The van der Waals surface area contributed by atoms with Crippen molar-refractivity contribution in [3.8, 4) is 0 Å². The number of sulfonamides is 1. The fraction of sp³-hybridized carbons (Fsp3) is 0.154. The molecule has 2 N–H and O–H groups in total. The first-order chi connectivity index (χ1) is 9.72. The molecule has 21 heavy (non-hydrogen) atoms. The van der Waals surface area contributed by atoms with Gasteiger partial charge in [0.2, 0.25) is 0 Å². The molecule has 112 valence electrons. The molecular weight excluding hydrogens is 378 g/mol. The van der Waals surface area contributed by atoms with Crippen LogP contribution in [0.5, 0.6) is 0 Å². The molecule has 0 saturated carbocycles. The van der Waals surface area contributed by atoms with Crippen molar-refractivity contribution in [1.82, 2.24) is 0 Å². The van der Waals surface area contributed by atoms with Gasteiger partial charge in [0.05, 0.1) is 0 Å². The van der Waals surface area contributed by atoms with Crippen molar-refractivity contribution in [3.63, 3.8) is 0 Å². The third-order valence-electron chi connectivity index (χ3n) is 2.80. The maximum Gasteiger partial charge on any atom is 0.347 e. The van der Waals surface area contributed by atoms with Crippen LogP contribution in [-0.2, 0) is 10.0 Å². The lowest BCUT2D eigenvalue weighted by atomic mass is 10.2. The SMILES string of the molecule is Cc1ccc(NS(=O)(=O)c2c(C)csc2C(=O)O)cc1Br. The van der Waals surface area contributed by atoms with Crippen LogP contribution in [0.3, 0.4) is 0 Å². The van der Waals surface area contributed by atoms with Crippen LogP contribution in [0.2, 0.25) is 0 Å². The Labute approximate surface area is 134 Å². The first-order valence-corrected chi connectivity index (χ1v) is 8.98. The smallest absolute Gasteiger partial charge is 0.347 e. The summed E-state index contributed by atoms with van der Waals surface area (Å²) in [6.07, 6.45) is 0. The molecule has 5 nitrogen and oxygen atoms in total. The fourth-order valence-corrected chi connectivity index (χ4v) is 4.84. The number of aromatic carboxylic acids is 1. The number of benzene rings is 1. The molecule has 0 aliphatic carbocycles. The fourth-order valence-electron chi connectivity index (χ4n) is 1.78. The van der Waals surface area contributed by atoms with Gasteiger partial charge in [0.25, 0.3) is 10.0 Å². The quantitative estimate of drug-likeness (QED) is 0.835. The number of thiophene rings is 1. The lowest BCUT2D eigenvalue weighted by Gasteiger charge is -2.10. The lowest BCUT2D eigenvalue weighted by molar-refractivity contribution is 0.0698. The van der Waals surface area contributed by atoms with Gasteiger partial charge in [-0.2, -0.15) is 0 Å². The number of hydrogen-bond acceptors (Lipinski definition) is 4. The van der Waals surface area contributed by atoms with Crippen molar-refractivity contribution >= 4 is 48.9 Å². The zero-order valence-corrected chi connectivity index (χ0v) is 14.4. The van der Waals surface area contributed by atoms with E-state index in [1.807, 2.05) is 6.92 Å². The Hall–Kier alpha value is -1.38. The normalized spacial score (nSPS) is 11.4. The van der Waals surface area contributed by atoms with Crippen LogP contribution in [0.15, 0.2) is 32.9 Å². The predicted molar refractivity (Wildman–Crippen MR) is 85.7 cm³/mol. The molecule has 2 aromatic rings. The Balaban J connectivity index is 2.45. The Morgan fingerprint density at radius 3 is 2.52 bits per heavy atom. The molecule has 0 aliphatic rings. The van der Waals surface area contributed by atoms with Crippen molar-refractivity contribution in [2.24, 2.45) is 0 Å². The van der Waals surface area contributed by atoms with Gasteiger partial charge in [0.1, 0.15) is 9.77 Å². The Kier molecular flexibility index (Phi) is 4.40. The number of aryl methyl sites for hydroxylation is 2. The molecule has 0 amide bonds. The molecule has 0 saturated heterocycles. The standard InChI is InChI=1S/C13H12BrNO4S2/c1-7-3-4-9(5-10(7)14)15-21(18,19)12-8(2)6-20-11(12)13(16)17/h3-6,15H,1-2H3,(H,16,17). The molecule has 2 rings (SSSR count). The maximum absolute atomic E-state index is 12.4. The molecule has 0 aliphatic heterocycles. The second-order valence-electron chi connectivity index (χ2n) is 4.45. The van der Waals surface area contributed by atoms with E-state index in [4.69, 9.17) is 5.11 Å². The van der Waals surface area contributed by atoms with Gasteiger partial charge in [-0.25, -0.2) is 13.2 Å². The third kappa shape index (κ3) is 3.28. The number of nitrogens with one attached hydrogen (secondary N) is 1. The van der Waals surface area contributed by atoms with E-state index in [9.17, 15) is 13.2 Å². The molecule has 0 radical (unpaired) electrons. The average Bonchev–Trinajstić information content (AvgIpc) is 2.76. The van der Waals surface area contributed by atoms with Crippen LogP contribution < -0.4 is 4.72 Å². The van der Waals surface area contributed by atoms with Crippen molar-refractivity contribution in [2.75, 3.05) is 4.72 Å². The van der Waals surface area contributed by atoms with E-state index in [1.54, 1.807) is 25.1 Å². The van der Waals surface area contributed by atoms with Crippen molar-refractivity contribution < 1.29 is 18.3 Å². The van der Waals surface area contributed by atoms with Gasteiger partial charge < -0.3 is 5.11 Å². The monoisotopic (exact) mass is 389 g/mol. The van der Waals surface area contributed by atoms with Gasteiger partial charge in [-0.3, -0.25) is 4.72 Å². The molecule has 0 atom stereocenters. The largest absolute Gasteiger partial charge is 0.477 e. The minimum absolute atomic E-state index is 0.184. The van der Waals surface area contributed by atoms with Crippen molar-refractivity contribution in [2.45, 2.75) is 18.7 Å². The summed E-state index contributed by atoms with van der Waals surface area (Å²) in [6.45, 7) is 3.45. The zero-order chi connectivity index (χ0) is 15.8. The molecule has 0 fully saturated rings. The van der Waals surface area contributed by atoms with Crippen LogP contribution in [0.4, 0.5) is 5.69 Å². The number of carboxylic acids is 1. The van der Waals surface area contributed by atoms with E-state index >= 15 is 0 Å². The highest BCUT2D eigenvalue weighted by Crippen LogP contribution is 2.29. The molecule has 1 heterocycles. The average molecular weight is 390 g/mol. The summed E-state index contributed by atoms with van der Waals surface area (Å²) in [4.78, 5) is 10.8. The van der Waals surface area contributed by atoms with Gasteiger partial charge in [-0.05, 0) is 42.5 Å². The maximum atomic E-state index is 12.4. The number of carbonyl (C=O) groups is 1. The number of carboxylic acid groups (broad SMARTS) is 1. The van der Waals surface area contributed by atoms with Gasteiger partial charge in [-0.1, -0.05) is 22.0 Å². The Bertz CT molecular complexity index is 812. The van der Waals surface area contributed by atoms with E-state index in [1.165, 1.54) is 5.38 Å². The van der Waals surface area contributed by atoms with Crippen molar-refractivity contribution in [3.05, 3.63) is 44.1 Å². The highest BCUT2D eigenvalue weighted by atomic mass is 79.9. The van der Waals surface area contributed by atoms with E-state index in [2.05, 4.69) is 20.7 Å². The minimum Gasteiger partial charge on any atom is -0.477 e. The molecule has 0 unspecified atom stereocenters. The third-order valence-corrected chi connectivity index (χ3v) is 6.44. The molecular formula is C13H12BrNO4S2. The van der Waals surface area contributed by atoms with Gasteiger partial charge in [-0.15, -0.1) is 11.3 Å². The second-order valence-corrected chi connectivity index (χ2v) is 7.80. The Morgan fingerprint density at radius 2 is 1.95 bits per heavy atom. The van der Waals surface area contributed by atoms with E-state index in [0.717, 1.165) is 21.4 Å². The van der Waals surface area contributed by atoms with E-state index < -0.39 is 16.0 Å². The number of rotatable bonds is 4. The molecule has 1 aromatic carbocycles. The summed E-state index contributed by atoms with van der Waals surface area (Å²) in [6, 6.07) is 5.02. The summed E-state index contributed by atoms with van der Waals surface area (Å²) in [7, 11) is -3.95. The predicted octanol–water partition coefficient (Wildman–Crippen LogP) is 3.63. The topological polar surface area (TPSA) is 83.5 Å². The van der Waals surface area contributed by atoms with E-state index in [-0.39, 0.29) is 9.77 Å². The molecule has 1 aromatic heterocycles. The van der Waals surface area contributed by atoms with Crippen LogP contribution in [-0.4, -0.2) is 19.5 Å². The summed E-state index contributed by atoms with van der Waals surface area (Å²) < 4.78 is 28.0. The number of anilines is 1. The summed E-state index contributed by atoms with van der Waals surface area (Å²) in [5.74, 6) is -1.25. The summed E-state index contributed by atoms with van der Waals surface area (Å²) in [5, 5.41) is 10.6. The summed E-state index contributed by atoms with van der Waals surface area (Å²) in [5.41, 5.74) is 1.75. The highest BCUT2D eigenvalue weighted by molar-refractivity contribution is 9.10. The molecule has 8 heteroatoms. The van der Waals surface area contributed by atoms with E-state index in [0.29, 0.717) is 11.3 Å². The molecule has 0 spiro atoms. The Morgan fingerprint density at radius 1 is 1.29 bits per heavy atom. The van der Waals surface area contributed by atoms with Gasteiger partial charge in [0, 0.05) is 10.2 Å². The lowest BCUT2D eigenvalue weighted by Crippen LogP contribution is -2.16.